The Hall–Kier alpha value is -2.43. The van der Waals surface area contributed by atoms with Gasteiger partial charge in [0.25, 0.3) is 5.91 Å². The van der Waals surface area contributed by atoms with E-state index in [0.29, 0.717) is 10.8 Å². The second-order valence-corrected chi connectivity index (χ2v) is 7.67. The molecule has 0 radical (unpaired) electrons. The molecule has 1 heterocycles. The molecule has 0 spiro atoms. The van der Waals surface area contributed by atoms with E-state index in [-0.39, 0.29) is 22.1 Å². The summed E-state index contributed by atoms with van der Waals surface area (Å²) in [7, 11) is 0. The molecule has 3 N–H and O–H groups in total. The highest BCUT2D eigenvalue weighted by Crippen LogP contribution is 2.25. The lowest BCUT2D eigenvalue weighted by Gasteiger charge is -2.11. The average molecular weight is 527 g/mol. The summed E-state index contributed by atoms with van der Waals surface area (Å²) in [5.41, 5.74) is 1.05. The van der Waals surface area contributed by atoms with Crippen LogP contribution in [0.15, 0.2) is 59.0 Å². The van der Waals surface area contributed by atoms with Crippen LogP contribution in [0.1, 0.15) is 20.9 Å². The summed E-state index contributed by atoms with van der Waals surface area (Å²) in [6, 6.07) is 15.0. The largest absolute Gasteiger partial charge is 0.478 e. The van der Waals surface area contributed by atoms with Crippen molar-refractivity contribution in [1.29, 1.82) is 0 Å². The number of hydrogen-bond donors (Lipinski definition) is 3. The molecule has 6 nitrogen and oxygen atoms in total. The summed E-state index contributed by atoms with van der Waals surface area (Å²) in [6.45, 7) is 0. The molecule has 0 aliphatic rings. The molecule has 9 heteroatoms. The zero-order valence-electron chi connectivity index (χ0n) is 14.0. The van der Waals surface area contributed by atoms with Gasteiger partial charge in [0.1, 0.15) is 5.76 Å². The number of carboxylic acids is 1. The third kappa shape index (κ3) is 4.89. The lowest BCUT2D eigenvalue weighted by Crippen LogP contribution is -2.34. The Labute approximate surface area is 184 Å². The molecule has 0 atom stereocenters. The van der Waals surface area contributed by atoms with Crippen LogP contribution < -0.4 is 10.6 Å². The van der Waals surface area contributed by atoms with Gasteiger partial charge >= 0.3 is 5.97 Å². The third-order valence-electron chi connectivity index (χ3n) is 3.63. The number of halogens is 2. The summed E-state index contributed by atoms with van der Waals surface area (Å²) in [5.74, 6) is -1.13. The number of carboxylic acid groups (broad SMARTS) is 1. The molecule has 0 bridgehead atoms. The Kier molecular flexibility index (Phi) is 6.32. The molecule has 3 rings (SSSR count). The van der Waals surface area contributed by atoms with E-state index in [9.17, 15) is 14.7 Å². The van der Waals surface area contributed by atoms with Crippen LogP contribution in [0.5, 0.6) is 0 Å². The summed E-state index contributed by atoms with van der Waals surface area (Å²) in [5, 5.41) is 15.0. The zero-order valence-corrected chi connectivity index (χ0v) is 17.8. The fraction of sp³-hybridized carbons (Fsp3) is 0. The van der Waals surface area contributed by atoms with Gasteiger partial charge < -0.3 is 14.8 Å². The standard InChI is InChI=1S/C19H12ClIN2O4S/c20-11-3-1-2-10(8-11)15-6-7-16(27-15)17(24)23-19(28)22-14-5-4-12(21)9-13(14)18(25)26/h1-9H,(H,25,26)(H2,22,23,24,28). The highest BCUT2D eigenvalue weighted by molar-refractivity contribution is 14.1. The fourth-order valence-electron chi connectivity index (χ4n) is 2.38. The number of thiocarbonyl (C=S) groups is 1. The fourth-order valence-corrected chi connectivity index (χ4v) is 3.26. The van der Waals surface area contributed by atoms with Gasteiger partial charge in [0, 0.05) is 14.2 Å². The maximum atomic E-state index is 12.4. The van der Waals surface area contributed by atoms with E-state index in [0.717, 1.165) is 9.13 Å². The van der Waals surface area contributed by atoms with Crippen LogP contribution in [0.4, 0.5) is 5.69 Å². The predicted octanol–water partition coefficient (Wildman–Crippen LogP) is 5.03. The Morgan fingerprint density at radius 2 is 1.89 bits per heavy atom. The van der Waals surface area contributed by atoms with Crippen molar-refractivity contribution in [1.82, 2.24) is 5.32 Å². The van der Waals surface area contributed by atoms with Crippen LogP contribution in [-0.2, 0) is 0 Å². The number of nitrogens with one attached hydrogen (secondary N) is 2. The lowest BCUT2D eigenvalue weighted by molar-refractivity contribution is 0.0697. The molecule has 28 heavy (non-hydrogen) atoms. The van der Waals surface area contributed by atoms with Gasteiger partial charge in [0.2, 0.25) is 0 Å². The van der Waals surface area contributed by atoms with Gasteiger partial charge in [0.15, 0.2) is 10.9 Å². The number of anilines is 1. The molecule has 0 aliphatic carbocycles. The SMILES string of the molecule is O=C(NC(=S)Nc1ccc(I)cc1C(=O)O)c1ccc(-c2cccc(Cl)c2)o1. The Morgan fingerprint density at radius 3 is 2.61 bits per heavy atom. The number of hydrogen-bond acceptors (Lipinski definition) is 4. The molecule has 1 aromatic heterocycles. The maximum absolute atomic E-state index is 12.4. The number of carbonyl (C=O) groups excluding carboxylic acids is 1. The van der Waals surface area contributed by atoms with Gasteiger partial charge in [0.05, 0.1) is 11.3 Å². The number of carbonyl (C=O) groups is 2. The molecule has 0 unspecified atom stereocenters. The molecule has 142 valence electrons. The van der Waals surface area contributed by atoms with E-state index < -0.39 is 11.9 Å². The van der Waals surface area contributed by atoms with Crippen molar-refractivity contribution in [2.24, 2.45) is 0 Å². The third-order valence-corrected chi connectivity index (χ3v) is 4.74. The minimum atomic E-state index is -1.10. The second-order valence-electron chi connectivity index (χ2n) is 5.58. The Morgan fingerprint density at radius 1 is 1.11 bits per heavy atom. The first-order valence-corrected chi connectivity index (χ1v) is 9.71. The van der Waals surface area contributed by atoms with Gasteiger partial charge in [-0.15, -0.1) is 0 Å². The van der Waals surface area contributed by atoms with Crippen molar-refractivity contribution < 1.29 is 19.1 Å². The molecule has 0 saturated carbocycles. The van der Waals surface area contributed by atoms with Crippen molar-refractivity contribution in [3.05, 3.63) is 74.5 Å². The molecule has 1 amide bonds. The van der Waals surface area contributed by atoms with E-state index in [4.69, 9.17) is 28.2 Å². The quantitative estimate of drug-likeness (QED) is 0.326. The van der Waals surface area contributed by atoms with E-state index in [1.165, 1.54) is 12.1 Å². The smallest absolute Gasteiger partial charge is 0.337 e. The van der Waals surface area contributed by atoms with E-state index in [2.05, 4.69) is 10.6 Å². The van der Waals surface area contributed by atoms with Gasteiger partial charge in [-0.2, -0.15) is 0 Å². The molecule has 0 aliphatic heterocycles. The van der Waals surface area contributed by atoms with Crippen molar-refractivity contribution in [3.63, 3.8) is 0 Å². The summed E-state index contributed by atoms with van der Waals surface area (Å²) < 4.78 is 6.33. The maximum Gasteiger partial charge on any atom is 0.337 e. The van der Waals surface area contributed by atoms with Crippen LogP contribution in [0.3, 0.4) is 0 Å². The van der Waals surface area contributed by atoms with E-state index in [1.807, 2.05) is 28.7 Å². The Bertz CT molecular complexity index is 1080. The second kappa shape index (κ2) is 8.72. The molecule has 3 aromatic rings. The first-order chi connectivity index (χ1) is 13.3. The predicted molar refractivity (Wildman–Crippen MR) is 119 cm³/mol. The molecule has 0 fully saturated rings. The highest BCUT2D eigenvalue weighted by atomic mass is 127. The van der Waals surface area contributed by atoms with Gasteiger partial charge in [-0.05, 0) is 77.3 Å². The molecule has 0 saturated heterocycles. The minimum absolute atomic E-state index is 0.0461. The summed E-state index contributed by atoms with van der Waals surface area (Å²) >= 11 is 13.1. The van der Waals surface area contributed by atoms with Crippen molar-refractivity contribution in [2.75, 3.05) is 5.32 Å². The number of benzene rings is 2. The first kappa shape index (κ1) is 20.3. The zero-order chi connectivity index (χ0) is 20.3. The van der Waals surface area contributed by atoms with Gasteiger partial charge in [-0.3, -0.25) is 10.1 Å². The highest BCUT2D eigenvalue weighted by Gasteiger charge is 2.16. The van der Waals surface area contributed by atoms with Crippen LogP contribution in [0.2, 0.25) is 5.02 Å². The van der Waals surface area contributed by atoms with Gasteiger partial charge in [-0.1, -0.05) is 23.7 Å². The molecular weight excluding hydrogens is 515 g/mol. The van der Waals surface area contributed by atoms with Crippen LogP contribution in [0, 0.1) is 3.57 Å². The average Bonchev–Trinajstić information content (AvgIpc) is 3.13. The van der Waals surface area contributed by atoms with Crippen molar-refractivity contribution in [3.8, 4) is 11.3 Å². The lowest BCUT2D eigenvalue weighted by atomic mass is 10.2. The number of amides is 1. The number of furan rings is 1. The van der Waals surface area contributed by atoms with E-state index in [1.54, 1.807) is 36.4 Å². The first-order valence-electron chi connectivity index (χ1n) is 7.84. The summed E-state index contributed by atoms with van der Waals surface area (Å²) in [6.07, 6.45) is 0. The number of rotatable bonds is 4. The summed E-state index contributed by atoms with van der Waals surface area (Å²) in [4.78, 5) is 23.7. The monoisotopic (exact) mass is 526 g/mol. The minimum Gasteiger partial charge on any atom is -0.478 e. The number of aromatic carboxylic acids is 1. The molecular formula is C19H12ClIN2O4S. The van der Waals surface area contributed by atoms with Crippen LogP contribution in [-0.4, -0.2) is 22.1 Å². The van der Waals surface area contributed by atoms with E-state index >= 15 is 0 Å². The van der Waals surface area contributed by atoms with Crippen molar-refractivity contribution >= 4 is 69.1 Å². The topological polar surface area (TPSA) is 91.6 Å². The Balaban J connectivity index is 1.70. The van der Waals surface area contributed by atoms with Gasteiger partial charge in [-0.25, -0.2) is 4.79 Å². The van der Waals surface area contributed by atoms with Crippen LogP contribution >= 0.6 is 46.4 Å². The normalized spacial score (nSPS) is 10.4. The molecule has 2 aromatic carbocycles. The van der Waals surface area contributed by atoms with Crippen LogP contribution in [0.25, 0.3) is 11.3 Å². The van der Waals surface area contributed by atoms with Crippen molar-refractivity contribution in [2.45, 2.75) is 0 Å².